The molecule has 2 bridgehead atoms. The number of amidine groups is 1. The van der Waals surface area contributed by atoms with Gasteiger partial charge in [0.15, 0.2) is 5.84 Å². The molecule has 0 spiro atoms. The molecule has 0 saturated carbocycles. The van der Waals surface area contributed by atoms with Crippen LogP contribution in [0, 0.1) is 0 Å². The average molecular weight is 472 g/mol. The van der Waals surface area contributed by atoms with Crippen molar-refractivity contribution in [2.24, 2.45) is 12.2 Å². The first-order chi connectivity index (χ1) is 14.7. The van der Waals surface area contributed by atoms with Gasteiger partial charge in [0.05, 0.1) is 24.0 Å². The van der Waals surface area contributed by atoms with Crippen LogP contribution in [0.4, 0.5) is 4.79 Å². The minimum absolute atomic E-state index is 0. The van der Waals surface area contributed by atoms with Gasteiger partial charge in [-0.15, -0.1) is 0 Å². The Hall–Kier alpha value is -2.49. The van der Waals surface area contributed by atoms with Gasteiger partial charge < -0.3 is 19.6 Å². The Kier molecular flexibility index (Phi) is 6.92. The monoisotopic (exact) mass is 472 g/mol. The first-order valence-corrected chi connectivity index (χ1v) is 10.3. The van der Waals surface area contributed by atoms with Crippen LogP contribution in [-0.2, 0) is 26.6 Å². The summed E-state index contributed by atoms with van der Waals surface area (Å²) in [6.07, 6.45) is 1.44. The van der Waals surface area contributed by atoms with Gasteiger partial charge in [0.25, 0.3) is 0 Å². The minimum Gasteiger partial charge on any atom is -0.724 e. The largest absolute Gasteiger partial charge is 1.00 e. The second-order valence-corrected chi connectivity index (χ2v) is 7.71. The van der Waals surface area contributed by atoms with Gasteiger partial charge in [-0.05, 0) is 12.1 Å². The fraction of sp³-hybridized carbons (Fsp3) is 0.294. The van der Waals surface area contributed by atoms with Gasteiger partial charge in [-0.2, -0.15) is 14.4 Å². The van der Waals surface area contributed by atoms with Crippen molar-refractivity contribution in [3.63, 3.8) is 0 Å². The van der Waals surface area contributed by atoms with Crippen LogP contribution in [0.25, 0.3) is 0 Å². The van der Waals surface area contributed by atoms with E-state index in [0.29, 0.717) is 16.3 Å². The van der Waals surface area contributed by atoms with E-state index >= 15 is 0 Å². The number of benzene rings is 1. The summed E-state index contributed by atoms with van der Waals surface area (Å²) >= 11 is 0. The number of hydrogen-bond acceptors (Lipinski definition) is 9. The van der Waals surface area contributed by atoms with E-state index in [2.05, 4.69) is 19.9 Å². The smallest absolute Gasteiger partial charge is 0.724 e. The molecule has 4 rings (SSSR count). The number of hydroxylamine groups is 2. The van der Waals surface area contributed by atoms with Gasteiger partial charge in [-0.3, -0.25) is 4.68 Å². The van der Waals surface area contributed by atoms with Crippen molar-refractivity contribution in [2.45, 2.75) is 12.1 Å². The topological polar surface area (TPSA) is 158 Å². The number of oxime groups is 1. The van der Waals surface area contributed by atoms with Crippen LogP contribution in [0.5, 0.6) is 0 Å². The van der Waals surface area contributed by atoms with Crippen LogP contribution < -0.4 is 34.9 Å². The number of nitrogens with one attached hydrogen (secondary N) is 1. The molecule has 1 aromatic carbocycles. The number of amides is 2. The normalized spacial score (nSPS) is 20.0. The van der Waals surface area contributed by atoms with Gasteiger partial charge >= 0.3 is 41.6 Å². The maximum absolute atomic E-state index is 12.8. The number of carbonyl (C=O) groups is 2. The Bertz CT molecular complexity index is 1170. The molecule has 1 aromatic heterocycles. The number of likely N-dealkylation sites (N-methyl/N-ethyl adjacent to an activating group) is 1. The van der Waals surface area contributed by atoms with Crippen LogP contribution in [0.15, 0.2) is 41.7 Å². The molecule has 164 valence electrons. The molecule has 0 radical (unpaired) electrons. The Morgan fingerprint density at radius 3 is 2.62 bits per heavy atom. The van der Waals surface area contributed by atoms with Crippen LogP contribution >= 0.6 is 0 Å². The molecule has 2 aliphatic heterocycles. The predicted octanol–water partition coefficient (Wildman–Crippen LogP) is -2.96. The first kappa shape index (κ1) is 24.2. The maximum Gasteiger partial charge on any atom is 1.00 e. The number of aromatic nitrogens is 2. The fourth-order valence-electron chi connectivity index (χ4n) is 3.65. The van der Waals surface area contributed by atoms with E-state index < -0.39 is 34.5 Å². The summed E-state index contributed by atoms with van der Waals surface area (Å²) in [5.41, 5.74) is 1.24. The standard InChI is InChI=1S/C17H18N6O7S.Na/c1-18-15(20-29-16(24)10-6-4-3-5-7-10)14-13-11(8-19-21(13)2)12-9-22(14)17(25)23(12)30-31(26,27)28;/h3-8,12,14H,9H2,1-2H3,(H,18,20)(H,26,27,28);/q;+1/p-1/t12-,14-;/m0./s1. The average Bonchev–Trinajstić information content (AvgIpc) is 3.24. The zero-order valence-electron chi connectivity index (χ0n) is 17.3. The Balaban J connectivity index is 0.00000289. The fourth-order valence-corrected chi connectivity index (χ4v) is 4.02. The Labute approximate surface area is 205 Å². The van der Waals surface area contributed by atoms with Crippen molar-refractivity contribution >= 4 is 28.2 Å². The Morgan fingerprint density at radius 2 is 2.00 bits per heavy atom. The number of aryl methyl sites for hydroxylation is 1. The molecule has 2 aromatic rings. The zero-order chi connectivity index (χ0) is 22.3. The van der Waals surface area contributed by atoms with E-state index in [9.17, 15) is 22.6 Å². The van der Waals surface area contributed by atoms with Crippen molar-refractivity contribution in [3.05, 3.63) is 53.3 Å². The van der Waals surface area contributed by atoms with Crippen molar-refractivity contribution < 1.29 is 61.2 Å². The number of rotatable bonds is 5. The number of hydrogen-bond donors (Lipinski definition) is 1. The molecule has 13 nitrogen and oxygen atoms in total. The van der Waals surface area contributed by atoms with Gasteiger partial charge in [-0.25, -0.2) is 18.0 Å². The van der Waals surface area contributed by atoms with Crippen LogP contribution in [0.1, 0.15) is 33.7 Å². The van der Waals surface area contributed by atoms with Gasteiger partial charge in [0.1, 0.15) is 12.1 Å². The van der Waals surface area contributed by atoms with E-state index in [0.717, 1.165) is 0 Å². The zero-order valence-corrected chi connectivity index (χ0v) is 20.1. The summed E-state index contributed by atoms with van der Waals surface area (Å²) in [4.78, 5) is 31.4. The molecule has 2 amide bonds. The first-order valence-electron chi connectivity index (χ1n) is 9.00. The van der Waals surface area contributed by atoms with Gasteiger partial charge in [0.2, 0.25) is 10.4 Å². The SMILES string of the molecule is CN/C(=N\OC(=O)c1ccccc1)[C@@H]1c2c(cnn2C)[C@@H]2CN1C(=O)N2OS(=O)(=O)[O-].[Na+]. The number of fused-ring (bicyclic) bond motifs is 4. The van der Waals surface area contributed by atoms with Crippen LogP contribution in [0.3, 0.4) is 0 Å². The van der Waals surface area contributed by atoms with E-state index in [1.165, 1.54) is 22.8 Å². The van der Waals surface area contributed by atoms with Crippen molar-refractivity contribution in [2.75, 3.05) is 13.6 Å². The van der Waals surface area contributed by atoms with E-state index in [1.807, 2.05) is 0 Å². The molecule has 1 saturated heterocycles. The number of carbonyl (C=O) groups excluding carboxylic acids is 2. The summed E-state index contributed by atoms with van der Waals surface area (Å²) < 4.78 is 39.2. The van der Waals surface area contributed by atoms with E-state index in [1.54, 1.807) is 37.4 Å². The minimum atomic E-state index is -5.18. The van der Waals surface area contributed by atoms with Gasteiger partial charge in [0, 0.05) is 19.7 Å². The molecular formula is C17H17N6NaO7S. The summed E-state index contributed by atoms with van der Waals surface area (Å²) in [5, 5.41) is 11.4. The van der Waals surface area contributed by atoms with Gasteiger partial charge in [-0.1, -0.05) is 23.4 Å². The quantitative estimate of drug-likeness (QED) is 0.0913. The molecule has 0 aliphatic carbocycles. The third-order valence-corrected chi connectivity index (χ3v) is 5.30. The van der Waals surface area contributed by atoms with Crippen LogP contribution in [0.2, 0.25) is 0 Å². The second kappa shape index (κ2) is 9.17. The molecule has 1 fully saturated rings. The maximum atomic E-state index is 12.8. The number of urea groups is 1. The number of nitrogens with zero attached hydrogens (tertiary/aromatic N) is 5. The molecule has 2 aliphatic rings. The summed E-state index contributed by atoms with van der Waals surface area (Å²) in [6, 6.07) is 5.59. The molecule has 15 heteroatoms. The molecule has 32 heavy (non-hydrogen) atoms. The molecule has 3 heterocycles. The molecule has 1 N–H and O–H groups in total. The second-order valence-electron chi connectivity index (χ2n) is 6.74. The van der Waals surface area contributed by atoms with Crippen molar-refractivity contribution in [3.8, 4) is 0 Å². The summed E-state index contributed by atoms with van der Waals surface area (Å²) in [6.45, 7) is 0.00500. The molecular weight excluding hydrogens is 455 g/mol. The predicted molar refractivity (Wildman–Crippen MR) is 102 cm³/mol. The third-order valence-electron chi connectivity index (χ3n) is 4.95. The van der Waals surface area contributed by atoms with Crippen molar-refractivity contribution in [1.82, 2.24) is 25.1 Å². The van der Waals surface area contributed by atoms with Crippen LogP contribution in [-0.4, -0.2) is 64.1 Å². The van der Waals surface area contributed by atoms with E-state index in [-0.39, 0.29) is 47.5 Å². The summed E-state index contributed by atoms with van der Waals surface area (Å²) in [7, 11) is -2.04. The van der Waals surface area contributed by atoms with E-state index in [4.69, 9.17) is 4.84 Å². The van der Waals surface area contributed by atoms with Crippen molar-refractivity contribution in [1.29, 1.82) is 0 Å². The third kappa shape index (κ3) is 4.37. The summed E-state index contributed by atoms with van der Waals surface area (Å²) in [5.74, 6) is -0.616. The molecule has 2 atom stereocenters. The Morgan fingerprint density at radius 1 is 1.31 bits per heavy atom. The molecule has 0 unspecified atom stereocenters.